The van der Waals surface area contributed by atoms with Gasteiger partial charge in [0.1, 0.15) is 0 Å². The number of hydrogen-bond acceptors (Lipinski definition) is 5. The van der Waals surface area contributed by atoms with Gasteiger partial charge < -0.3 is 14.8 Å². The van der Waals surface area contributed by atoms with Gasteiger partial charge in [0, 0.05) is 19.2 Å². The third-order valence-electron chi connectivity index (χ3n) is 2.98. The van der Waals surface area contributed by atoms with Gasteiger partial charge in [0.05, 0.1) is 23.2 Å². The van der Waals surface area contributed by atoms with Crippen LogP contribution in [0.4, 0.5) is 5.95 Å². The van der Waals surface area contributed by atoms with Crippen LogP contribution >= 0.6 is 0 Å². The second-order valence-corrected chi connectivity index (χ2v) is 4.07. The van der Waals surface area contributed by atoms with Crippen molar-refractivity contribution in [1.82, 2.24) is 9.83 Å². The number of morpholine rings is 1. The van der Waals surface area contributed by atoms with Gasteiger partial charge in [0.2, 0.25) is 0 Å². The highest BCUT2D eigenvalue weighted by Gasteiger charge is 2.23. The fourth-order valence-corrected chi connectivity index (χ4v) is 2.05. The maximum Gasteiger partial charge on any atom is 0.322 e. The smallest absolute Gasteiger partial charge is 0.322 e. The van der Waals surface area contributed by atoms with Gasteiger partial charge >= 0.3 is 11.5 Å². The van der Waals surface area contributed by atoms with Crippen LogP contribution in [0, 0.1) is 4.91 Å². The summed E-state index contributed by atoms with van der Waals surface area (Å²) >= 11 is 0. The maximum atomic E-state index is 11.8. The van der Waals surface area contributed by atoms with Gasteiger partial charge in [0.25, 0.3) is 0 Å². The van der Waals surface area contributed by atoms with Gasteiger partial charge in [0.15, 0.2) is 10.1 Å². The highest BCUT2D eigenvalue weighted by Crippen LogP contribution is 2.15. The highest BCUT2D eigenvalue weighted by molar-refractivity contribution is 5.71. The van der Waals surface area contributed by atoms with Crippen molar-refractivity contribution in [2.75, 3.05) is 31.2 Å². The largest absolute Gasteiger partial charge is 0.425 e. The number of rotatable bonds is 1. The summed E-state index contributed by atoms with van der Waals surface area (Å²) < 4.78 is 6.72. The molecule has 0 bridgehead atoms. The Balaban J connectivity index is 2.18. The molecule has 2 aromatic rings. The van der Waals surface area contributed by atoms with E-state index in [1.807, 2.05) is 4.90 Å². The first-order chi connectivity index (χ1) is 8.77. The highest BCUT2D eigenvalue weighted by atomic mass is 16.5. The molecule has 1 aromatic carbocycles. The number of hydrogen-bond donors (Lipinski definition) is 1. The standard InChI is InChI=1S/C11H13N4O3/c16-14-9-3-1-2-4-10(9)15(17)12-11(14)13-5-7-18-8-6-13/h1-4,16H,5-8H2/q+1. The van der Waals surface area contributed by atoms with Gasteiger partial charge in [-0.1, -0.05) is 12.1 Å². The molecule has 94 valence electrons. The second-order valence-electron chi connectivity index (χ2n) is 4.07. The Kier molecular flexibility index (Phi) is 2.60. The van der Waals surface area contributed by atoms with Gasteiger partial charge in [-0.2, -0.15) is 0 Å². The zero-order valence-corrected chi connectivity index (χ0v) is 9.69. The zero-order chi connectivity index (χ0) is 12.5. The van der Waals surface area contributed by atoms with Gasteiger partial charge in [-0.05, 0) is 6.07 Å². The molecule has 2 heterocycles. The van der Waals surface area contributed by atoms with Crippen LogP contribution < -0.4 is 9.44 Å². The fourth-order valence-electron chi connectivity index (χ4n) is 2.05. The topological polar surface area (TPSA) is 73.5 Å². The normalized spacial score (nSPS) is 16.1. The van der Waals surface area contributed by atoms with Gasteiger partial charge in [-0.3, -0.25) is 0 Å². The summed E-state index contributed by atoms with van der Waals surface area (Å²) in [6.45, 7) is 2.33. The van der Waals surface area contributed by atoms with Crippen LogP contribution in [0.1, 0.15) is 0 Å². The molecule has 0 spiro atoms. The van der Waals surface area contributed by atoms with Crippen molar-refractivity contribution in [3.8, 4) is 0 Å². The molecular formula is C11H13N4O3+. The van der Waals surface area contributed by atoms with E-state index in [9.17, 15) is 10.1 Å². The molecule has 0 saturated carbocycles. The number of nitrogens with zero attached hydrogens (tertiary/aromatic N) is 4. The van der Waals surface area contributed by atoms with Crippen LogP contribution in [-0.4, -0.2) is 41.3 Å². The lowest BCUT2D eigenvalue weighted by molar-refractivity contribution is -0.536. The van der Waals surface area contributed by atoms with Crippen molar-refractivity contribution in [2.45, 2.75) is 0 Å². The van der Waals surface area contributed by atoms with Crippen LogP contribution in [0.25, 0.3) is 11.0 Å². The van der Waals surface area contributed by atoms with E-state index in [1.165, 1.54) is 0 Å². The van der Waals surface area contributed by atoms with E-state index < -0.39 is 0 Å². The summed E-state index contributed by atoms with van der Waals surface area (Å²) in [6.07, 6.45) is 0. The Morgan fingerprint density at radius 2 is 2.00 bits per heavy atom. The number of ether oxygens (including phenoxy) is 1. The number of benzene rings is 1. The average molecular weight is 249 g/mol. The Morgan fingerprint density at radius 3 is 2.78 bits per heavy atom. The summed E-state index contributed by atoms with van der Waals surface area (Å²) in [7, 11) is 0. The summed E-state index contributed by atoms with van der Waals surface area (Å²) in [5.74, 6) is 0.243. The molecule has 0 unspecified atom stereocenters. The van der Waals surface area contributed by atoms with Crippen molar-refractivity contribution in [2.24, 2.45) is 0 Å². The number of fused-ring (bicyclic) bond motifs is 1. The first-order valence-corrected chi connectivity index (χ1v) is 5.74. The molecule has 18 heavy (non-hydrogen) atoms. The minimum atomic E-state index is 0.243. The number of para-hydroxylation sites is 2. The third kappa shape index (κ3) is 1.68. The van der Waals surface area contributed by atoms with E-state index in [2.05, 4.69) is 5.10 Å². The van der Waals surface area contributed by atoms with E-state index in [-0.39, 0.29) is 5.95 Å². The average Bonchev–Trinajstić information content (AvgIpc) is 2.44. The fraction of sp³-hybridized carbons (Fsp3) is 0.364. The molecule has 1 fully saturated rings. The molecule has 3 rings (SSSR count). The first-order valence-electron chi connectivity index (χ1n) is 5.74. The molecule has 0 radical (unpaired) electrons. The van der Waals surface area contributed by atoms with Gasteiger partial charge in [-0.15, -0.1) is 4.73 Å². The quantitative estimate of drug-likeness (QED) is 0.570. The maximum absolute atomic E-state index is 11.8. The van der Waals surface area contributed by atoms with Crippen molar-refractivity contribution < 1.29 is 14.5 Å². The van der Waals surface area contributed by atoms with Gasteiger partial charge in [-0.25, -0.2) is 0 Å². The summed E-state index contributed by atoms with van der Waals surface area (Å²) in [5.41, 5.74) is 0.765. The molecule has 1 aliphatic rings. The predicted molar refractivity (Wildman–Crippen MR) is 63.3 cm³/mol. The van der Waals surface area contributed by atoms with E-state index in [1.54, 1.807) is 24.3 Å². The summed E-state index contributed by atoms with van der Waals surface area (Å²) in [6, 6.07) is 6.78. The van der Waals surface area contributed by atoms with Crippen LogP contribution in [0.2, 0.25) is 0 Å². The van der Waals surface area contributed by atoms with Crippen LogP contribution in [-0.2, 0) is 4.74 Å². The lowest BCUT2D eigenvalue weighted by Crippen LogP contribution is -2.41. The first kappa shape index (κ1) is 11.0. The van der Waals surface area contributed by atoms with Crippen molar-refractivity contribution in [3.63, 3.8) is 0 Å². The molecule has 0 aliphatic carbocycles. The third-order valence-corrected chi connectivity index (χ3v) is 2.98. The summed E-state index contributed by atoms with van der Waals surface area (Å²) in [5, 5.41) is 14.0. The molecule has 1 N–H and O–H groups in total. The molecule has 0 atom stereocenters. The summed E-state index contributed by atoms with van der Waals surface area (Å²) in [4.78, 5) is 13.6. The second kappa shape index (κ2) is 4.26. The zero-order valence-electron chi connectivity index (χ0n) is 9.69. The molecule has 1 saturated heterocycles. The molecule has 1 aliphatic heterocycles. The Morgan fingerprint density at radius 1 is 1.28 bits per heavy atom. The van der Waals surface area contributed by atoms with E-state index in [4.69, 9.17) is 4.74 Å². The van der Waals surface area contributed by atoms with E-state index in [0.717, 1.165) is 4.73 Å². The van der Waals surface area contributed by atoms with Crippen molar-refractivity contribution in [1.29, 1.82) is 0 Å². The minimum Gasteiger partial charge on any atom is -0.425 e. The Labute approximate surface area is 102 Å². The molecule has 0 amide bonds. The van der Waals surface area contributed by atoms with Crippen molar-refractivity contribution >= 4 is 17.0 Å². The lowest BCUT2D eigenvalue weighted by Gasteiger charge is -2.26. The Hall–Kier alpha value is -2.15. The number of aromatic nitrogens is 3. The molecular weight excluding hydrogens is 236 g/mol. The van der Waals surface area contributed by atoms with E-state index >= 15 is 0 Å². The van der Waals surface area contributed by atoms with Crippen molar-refractivity contribution in [3.05, 3.63) is 29.2 Å². The minimum absolute atomic E-state index is 0.243. The predicted octanol–water partition coefficient (Wildman–Crippen LogP) is 0.0247. The van der Waals surface area contributed by atoms with Crippen LogP contribution in [0.3, 0.4) is 0 Å². The van der Waals surface area contributed by atoms with Crippen LogP contribution in [0.5, 0.6) is 0 Å². The number of anilines is 1. The lowest BCUT2D eigenvalue weighted by atomic mass is 10.3. The van der Waals surface area contributed by atoms with Crippen LogP contribution in [0.15, 0.2) is 24.3 Å². The molecule has 7 nitrogen and oxygen atoms in total. The Bertz CT molecular complexity index is 634. The molecule has 7 heteroatoms. The molecule has 1 aromatic heterocycles. The monoisotopic (exact) mass is 249 g/mol. The SMILES string of the molecule is O=[n+]1nc(N2CCOCC2)n(O)c2ccccc21. The van der Waals surface area contributed by atoms with E-state index in [0.29, 0.717) is 41.9 Å².